The van der Waals surface area contributed by atoms with Crippen LogP contribution in [-0.4, -0.2) is 53.5 Å². The second-order valence-corrected chi connectivity index (χ2v) is 8.33. The first-order chi connectivity index (χ1) is 13.3. The van der Waals surface area contributed by atoms with Crippen molar-refractivity contribution in [3.63, 3.8) is 0 Å². The zero-order valence-corrected chi connectivity index (χ0v) is 17.6. The van der Waals surface area contributed by atoms with Gasteiger partial charge in [0.25, 0.3) is 5.91 Å². The maximum atomic E-state index is 12.9. The Hall–Kier alpha value is -2.63. The molecule has 1 aromatic carbocycles. The van der Waals surface area contributed by atoms with Crippen LogP contribution in [0.2, 0.25) is 0 Å². The summed E-state index contributed by atoms with van der Waals surface area (Å²) in [4.78, 5) is 26.0. The molecule has 1 aromatic heterocycles. The molecule has 1 aliphatic heterocycles. The Balaban J connectivity index is 1.64. The highest BCUT2D eigenvalue weighted by molar-refractivity contribution is 5.94. The Morgan fingerprint density at radius 2 is 1.71 bits per heavy atom. The predicted octanol–water partition coefficient (Wildman–Crippen LogP) is 3.48. The van der Waals surface area contributed by atoms with Crippen molar-refractivity contribution < 1.29 is 4.79 Å². The number of aryl methyl sites for hydroxylation is 1. The van der Waals surface area contributed by atoms with Gasteiger partial charge in [0.1, 0.15) is 5.82 Å². The van der Waals surface area contributed by atoms with Crippen LogP contribution in [0.3, 0.4) is 0 Å². The molecule has 1 saturated heterocycles. The lowest BCUT2D eigenvalue weighted by molar-refractivity contribution is 0.0746. The highest BCUT2D eigenvalue weighted by Gasteiger charge is 2.24. The second-order valence-electron chi connectivity index (χ2n) is 8.33. The Labute approximate surface area is 168 Å². The molecule has 1 aliphatic rings. The van der Waals surface area contributed by atoms with Gasteiger partial charge in [0, 0.05) is 50.0 Å². The van der Waals surface area contributed by atoms with Gasteiger partial charge in [0.05, 0.1) is 0 Å². The van der Waals surface area contributed by atoms with Crippen LogP contribution < -0.4 is 10.2 Å². The average Bonchev–Trinajstić information content (AvgIpc) is 2.67. The zero-order valence-electron chi connectivity index (χ0n) is 17.6. The molecule has 0 bridgehead atoms. The van der Waals surface area contributed by atoms with Crippen molar-refractivity contribution in [1.29, 1.82) is 0 Å². The average molecular weight is 382 g/mol. The van der Waals surface area contributed by atoms with E-state index in [0.717, 1.165) is 36.7 Å². The minimum Gasteiger partial charge on any atom is -0.354 e. The Morgan fingerprint density at radius 1 is 1.07 bits per heavy atom. The van der Waals surface area contributed by atoms with Crippen molar-refractivity contribution >= 4 is 17.7 Å². The molecule has 150 valence electrons. The molecule has 1 N–H and O–H groups in total. The highest BCUT2D eigenvalue weighted by atomic mass is 16.2. The lowest BCUT2D eigenvalue weighted by atomic mass is 9.86. The number of carbonyl (C=O) groups excluding carboxylic acids is 1. The fourth-order valence-electron chi connectivity index (χ4n) is 3.39. The van der Waals surface area contributed by atoms with Crippen LogP contribution in [0.4, 0.5) is 11.8 Å². The molecule has 0 saturated carbocycles. The van der Waals surface area contributed by atoms with Crippen molar-refractivity contribution in [2.45, 2.75) is 40.0 Å². The Morgan fingerprint density at radius 3 is 2.29 bits per heavy atom. The molecule has 0 unspecified atom stereocenters. The largest absolute Gasteiger partial charge is 0.354 e. The number of hydrogen-bond acceptors (Lipinski definition) is 5. The van der Waals surface area contributed by atoms with Crippen LogP contribution in [0.25, 0.3) is 0 Å². The molecule has 28 heavy (non-hydrogen) atoms. The minimum absolute atomic E-state index is 0.0916. The summed E-state index contributed by atoms with van der Waals surface area (Å²) in [6, 6.07) is 10.0. The summed E-state index contributed by atoms with van der Waals surface area (Å²) in [6.07, 6.45) is 0. The summed E-state index contributed by atoms with van der Waals surface area (Å²) in [5.74, 6) is 1.69. The summed E-state index contributed by atoms with van der Waals surface area (Å²) in [7, 11) is 0. The van der Waals surface area contributed by atoms with Gasteiger partial charge in [-0.3, -0.25) is 4.79 Å². The zero-order chi connectivity index (χ0) is 20.3. The quantitative estimate of drug-likeness (QED) is 0.879. The van der Waals surface area contributed by atoms with Crippen LogP contribution in [0.5, 0.6) is 0 Å². The first-order valence-corrected chi connectivity index (χ1v) is 10.0. The van der Waals surface area contributed by atoms with E-state index in [0.29, 0.717) is 19.0 Å². The van der Waals surface area contributed by atoms with Gasteiger partial charge >= 0.3 is 0 Å². The van der Waals surface area contributed by atoms with Gasteiger partial charge in [-0.15, -0.1) is 0 Å². The van der Waals surface area contributed by atoms with E-state index < -0.39 is 0 Å². The van der Waals surface area contributed by atoms with Gasteiger partial charge in [-0.2, -0.15) is 4.98 Å². The smallest absolute Gasteiger partial charge is 0.253 e. The van der Waals surface area contributed by atoms with E-state index in [4.69, 9.17) is 0 Å². The third-order valence-corrected chi connectivity index (χ3v) is 5.06. The van der Waals surface area contributed by atoms with Crippen LogP contribution >= 0.6 is 0 Å². The minimum atomic E-state index is 0.0916. The van der Waals surface area contributed by atoms with Gasteiger partial charge in [0.15, 0.2) is 0 Å². The molecule has 6 heteroatoms. The SMILES string of the molecule is CCNc1nc(C)cc(N2CCN(C(=O)c3ccc(C(C)(C)C)cc3)CC2)n1. The summed E-state index contributed by atoms with van der Waals surface area (Å²) in [5, 5.41) is 3.18. The number of aromatic nitrogens is 2. The molecule has 0 radical (unpaired) electrons. The lowest BCUT2D eigenvalue weighted by Gasteiger charge is -2.35. The maximum absolute atomic E-state index is 12.9. The van der Waals surface area contributed by atoms with Gasteiger partial charge in [-0.1, -0.05) is 32.9 Å². The van der Waals surface area contributed by atoms with Crippen LogP contribution in [0.15, 0.2) is 30.3 Å². The summed E-state index contributed by atoms with van der Waals surface area (Å²) in [6.45, 7) is 14.3. The van der Waals surface area contributed by atoms with Crippen LogP contribution in [-0.2, 0) is 5.41 Å². The molecular formula is C22H31N5O. The van der Waals surface area contributed by atoms with Crippen molar-refractivity contribution in [1.82, 2.24) is 14.9 Å². The van der Waals surface area contributed by atoms with Crippen LogP contribution in [0, 0.1) is 6.92 Å². The number of nitrogens with zero attached hydrogens (tertiary/aromatic N) is 4. The van der Waals surface area contributed by atoms with E-state index in [9.17, 15) is 4.79 Å². The lowest BCUT2D eigenvalue weighted by Crippen LogP contribution is -2.49. The summed E-state index contributed by atoms with van der Waals surface area (Å²) in [5.41, 5.74) is 3.03. The third-order valence-electron chi connectivity index (χ3n) is 5.06. The number of anilines is 2. The van der Waals surface area contributed by atoms with E-state index in [1.807, 2.05) is 36.9 Å². The van der Waals surface area contributed by atoms with Crippen LogP contribution in [0.1, 0.15) is 49.3 Å². The van der Waals surface area contributed by atoms with E-state index >= 15 is 0 Å². The number of nitrogens with one attached hydrogen (secondary N) is 1. The second kappa shape index (κ2) is 8.17. The fourth-order valence-corrected chi connectivity index (χ4v) is 3.39. The van der Waals surface area contributed by atoms with Gasteiger partial charge in [0.2, 0.25) is 5.95 Å². The predicted molar refractivity (Wildman–Crippen MR) is 114 cm³/mol. The van der Waals surface area contributed by atoms with E-state index in [1.54, 1.807) is 0 Å². The normalized spacial score (nSPS) is 14.9. The Kier molecular flexibility index (Phi) is 5.87. The van der Waals surface area contributed by atoms with Crippen molar-refractivity contribution in [3.05, 3.63) is 47.2 Å². The first-order valence-electron chi connectivity index (χ1n) is 10.0. The number of hydrogen-bond donors (Lipinski definition) is 1. The molecule has 2 heterocycles. The number of rotatable bonds is 4. The van der Waals surface area contributed by atoms with E-state index in [1.165, 1.54) is 5.56 Å². The standard InChI is InChI=1S/C22H31N5O/c1-6-23-21-24-16(2)15-19(25-21)26-11-13-27(14-12-26)20(28)17-7-9-18(10-8-17)22(3,4)5/h7-10,15H,6,11-14H2,1-5H3,(H,23,24,25). The highest BCUT2D eigenvalue weighted by Crippen LogP contribution is 2.23. The molecule has 6 nitrogen and oxygen atoms in total. The van der Waals surface area contributed by atoms with Gasteiger partial charge in [-0.05, 0) is 37.0 Å². The third kappa shape index (κ3) is 4.61. The molecule has 1 fully saturated rings. The van der Waals surface area contributed by atoms with E-state index in [2.05, 4.69) is 53.1 Å². The number of amides is 1. The molecular weight excluding hydrogens is 350 g/mol. The van der Waals surface area contributed by atoms with Crippen molar-refractivity contribution in [3.8, 4) is 0 Å². The molecule has 0 spiro atoms. The topological polar surface area (TPSA) is 61.4 Å². The number of benzene rings is 1. The van der Waals surface area contributed by atoms with Gasteiger partial charge in [-0.25, -0.2) is 4.98 Å². The summed E-state index contributed by atoms with van der Waals surface area (Å²) < 4.78 is 0. The Bertz CT molecular complexity index is 818. The van der Waals surface area contributed by atoms with E-state index in [-0.39, 0.29) is 11.3 Å². The number of carbonyl (C=O) groups is 1. The van der Waals surface area contributed by atoms with Gasteiger partial charge < -0.3 is 15.1 Å². The fraction of sp³-hybridized carbons (Fsp3) is 0.500. The summed E-state index contributed by atoms with van der Waals surface area (Å²) >= 11 is 0. The molecule has 2 aromatic rings. The monoisotopic (exact) mass is 381 g/mol. The molecule has 3 rings (SSSR count). The number of piperazine rings is 1. The van der Waals surface area contributed by atoms with Crippen molar-refractivity contribution in [2.75, 3.05) is 42.9 Å². The molecule has 1 amide bonds. The maximum Gasteiger partial charge on any atom is 0.253 e. The molecule has 0 aliphatic carbocycles. The first kappa shape index (κ1) is 20.1. The van der Waals surface area contributed by atoms with Crippen molar-refractivity contribution in [2.24, 2.45) is 0 Å². The molecule has 0 atom stereocenters.